The number of ether oxygens (including phenoxy) is 1. The number of benzene rings is 2. The number of azo groups is 1. The molecule has 0 spiro atoms. The zero-order valence-corrected chi connectivity index (χ0v) is 17.9. The Morgan fingerprint density at radius 1 is 0.828 bits per heavy atom. The van der Waals surface area contributed by atoms with Crippen LogP contribution in [0.5, 0.6) is 0 Å². The number of rotatable bonds is 12. The van der Waals surface area contributed by atoms with E-state index in [2.05, 4.69) is 48.2 Å². The van der Waals surface area contributed by atoms with E-state index >= 15 is 0 Å². The van der Waals surface area contributed by atoms with E-state index in [1.165, 1.54) is 31.4 Å². The van der Waals surface area contributed by atoms with Gasteiger partial charge in [0, 0.05) is 19.3 Å². The second-order valence-electron chi connectivity index (χ2n) is 7.23. The zero-order chi connectivity index (χ0) is 20.9. The Morgan fingerprint density at radius 3 is 2.00 bits per heavy atom. The van der Waals surface area contributed by atoms with Crippen molar-refractivity contribution in [2.75, 3.05) is 25.1 Å². The van der Waals surface area contributed by atoms with Crippen molar-refractivity contribution < 1.29 is 9.53 Å². The van der Waals surface area contributed by atoms with E-state index in [-0.39, 0.29) is 5.97 Å². The number of carbonyl (C=O) groups is 1. The van der Waals surface area contributed by atoms with Crippen LogP contribution in [0.4, 0.5) is 17.1 Å². The van der Waals surface area contributed by atoms with E-state index in [4.69, 9.17) is 4.74 Å². The molecule has 0 aliphatic carbocycles. The molecule has 0 bridgehead atoms. The summed E-state index contributed by atoms with van der Waals surface area (Å²) in [5, 5.41) is 8.55. The van der Waals surface area contributed by atoms with Crippen LogP contribution in [0, 0.1) is 0 Å². The normalized spacial score (nSPS) is 11.0. The molecule has 0 radical (unpaired) electrons. The van der Waals surface area contributed by atoms with Crippen molar-refractivity contribution in [3.63, 3.8) is 0 Å². The molecule has 5 nitrogen and oxygen atoms in total. The highest BCUT2D eigenvalue weighted by molar-refractivity contribution is 5.89. The third kappa shape index (κ3) is 8.06. The van der Waals surface area contributed by atoms with Gasteiger partial charge in [-0.1, -0.05) is 39.5 Å². The van der Waals surface area contributed by atoms with Crippen molar-refractivity contribution in [1.29, 1.82) is 0 Å². The van der Waals surface area contributed by atoms with Crippen LogP contribution in [0.25, 0.3) is 0 Å². The molecule has 0 N–H and O–H groups in total. The van der Waals surface area contributed by atoms with Crippen LogP contribution < -0.4 is 4.90 Å². The van der Waals surface area contributed by atoms with Crippen LogP contribution >= 0.6 is 0 Å². The smallest absolute Gasteiger partial charge is 0.338 e. The fourth-order valence-electron chi connectivity index (χ4n) is 2.85. The van der Waals surface area contributed by atoms with Crippen LogP contribution in [-0.2, 0) is 4.74 Å². The Hall–Kier alpha value is -2.69. The van der Waals surface area contributed by atoms with Crippen molar-refractivity contribution in [1.82, 2.24) is 0 Å². The van der Waals surface area contributed by atoms with Gasteiger partial charge in [0.2, 0.25) is 0 Å². The third-order valence-electron chi connectivity index (χ3n) is 4.75. The van der Waals surface area contributed by atoms with Gasteiger partial charge in [0.05, 0.1) is 23.5 Å². The highest BCUT2D eigenvalue weighted by Gasteiger charge is 2.06. The maximum absolute atomic E-state index is 11.9. The van der Waals surface area contributed by atoms with Crippen molar-refractivity contribution in [3.05, 3.63) is 54.1 Å². The van der Waals surface area contributed by atoms with Crippen LogP contribution in [0.3, 0.4) is 0 Å². The SMILES string of the molecule is CCCCCCN(C)c1ccc(N=Nc2ccc(C(=O)OCCCC)cc2)cc1. The van der Waals surface area contributed by atoms with Crippen LogP contribution in [0.15, 0.2) is 58.8 Å². The minimum atomic E-state index is -0.295. The number of carbonyl (C=O) groups excluding carboxylic acids is 1. The molecule has 156 valence electrons. The lowest BCUT2D eigenvalue weighted by Gasteiger charge is -2.19. The first-order chi connectivity index (χ1) is 14.1. The highest BCUT2D eigenvalue weighted by Crippen LogP contribution is 2.22. The summed E-state index contributed by atoms with van der Waals surface area (Å²) in [4.78, 5) is 14.2. The largest absolute Gasteiger partial charge is 0.462 e. The molecule has 0 atom stereocenters. The molecule has 0 aliphatic heterocycles. The van der Waals surface area contributed by atoms with Gasteiger partial charge in [-0.25, -0.2) is 4.79 Å². The molecule has 0 saturated carbocycles. The van der Waals surface area contributed by atoms with Crippen LogP contribution in [0.1, 0.15) is 62.7 Å². The van der Waals surface area contributed by atoms with E-state index < -0.39 is 0 Å². The van der Waals surface area contributed by atoms with Gasteiger partial charge in [-0.3, -0.25) is 0 Å². The fraction of sp³-hybridized carbons (Fsp3) is 0.458. The summed E-state index contributed by atoms with van der Waals surface area (Å²) in [7, 11) is 2.12. The number of hydrogen-bond donors (Lipinski definition) is 0. The van der Waals surface area contributed by atoms with Gasteiger partial charge in [-0.05, 0) is 61.4 Å². The number of unbranched alkanes of at least 4 members (excludes halogenated alkanes) is 4. The summed E-state index contributed by atoms with van der Waals surface area (Å²) >= 11 is 0. The molecule has 0 unspecified atom stereocenters. The summed E-state index contributed by atoms with van der Waals surface area (Å²) in [6.07, 6.45) is 6.94. The van der Waals surface area contributed by atoms with E-state index in [1.807, 2.05) is 12.1 Å². The number of hydrogen-bond acceptors (Lipinski definition) is 5. The molecule has 2 aromatic rings. The summed E-state index contributed by atoms with van der Waals surface area (Å²) in [5.74, 6) is -0.295. The molecule has 0 saturated heterocycles. The molecule has 0 amide bonds. The summed E-state index contributed by atoms with van der Waals surface area (Å²) in [5.41, 5.74) is 3.22. The lowest BCUT2D eigenvalue weighted by Crippen LogP contribution is -2.18. The summed E-state index contributed by atoms with van der Waals surface area (Å²) in [6.45, 7) is 5.82. The molecule has 2 aromatic carbocycles. The minimum absolute atomic E-state index is 0.295. The monoisotopic (exact) mass is 395 g/mol. The molecule has 0 heterocycles. The molecule has 5 heteroatoms. The van der Waals surface area contributed by atoms with E-state index in [1.54, 1.807) is 24.3 Å². The van der Waals surface area contributed by atoms with Crippen molar-refractivity contribution >= 4 is 23.0 Å². The predicted molar refractivity (Wildman–Crippen MR) is 120 cm³/mol. The Balaban J connectivity index is 1.87. The van der Waals surface area contributed by atoms with E-state index in [0.29, 0.717) is 17.9 Å². The number of nitrogens with zero attached hydrogens (tertiary/aromatic N) is 3. The molecule has 29 heavy (non-hydrogen) atoms. The second kappa shape index (κ2) is 12.7. The average molecular weight is 396 g/mol. The van der Waals surface area contributed by atoms with Gasteiger partial charge in [-0.15, -0.1) is 0 Å². The predicted octanol–water partition coefficient (Wildman–Crippen LogP) is 7.08. The first-order valence-electron chi connectivity index (χ1n) is 10.6. The van der Waals surface area contributed by atoms with Crippen molar-refractivity contribution in [2.45, 2.75) is 52.4 Å². The van der Waals surface area contributed by atoms with Gasteiger partial charge in [0.25, 0.3) is 0 Å². The van der Waals surface area contributed by atoms with Gasteiger partial charge < -0.3 is 9.64 Å². The van der Waals surface area contributed by atoms with Gasteiger partial charge in [-0.2, -0.15) is 10.2 Å². The minimum Gasteiger partial charge on any atom is -0.462 e. The third-order valence-corrected chi connectivity index (χ3v) is 4.75. The Morgan fingerprint density at radius 2 is 1.41 bits per heavy atom. The molecular formula is C24H33N3O2. The van der Waals surface area contributed by atoms with Crippen molar-refractivity contribution in [3.8, 4) is 0 Å². The lowest BCUT2D eigenvalue weighted by atomic mass is 10.2. The topological polar surface area (TPSA) is 54.3 Å². The molecule has 0 aliphatic rings. The molecule has 0 aromatic heterocycles. The standard InChI is InChI=1S/C24H33N3O2/c1-4-6-8-9-18-27(3)23-16-14-22(15-17-23)26-25-21-12-10-20(11-13-21)24(28)29-19-7-5-2/h10-17H,4-9,18-19H2,1-3H3. The van der Waals surface area contributed by atoms with Gasteiger partial charge in [0.1, 0.15) is 0 Å². The van der Waals surface area contributed by atoms with Crippen molar-refractivity contribution in [2.24, 2.45) is 10.2 Å². The molecule has 0 fully saturated rings. The number of anilines is 1. The Bertz CT molecular complexity index is 755. The van der Waals surface area contributed by atoms with Crippen LogP contribution in [0.2, 0.25) is 0 Å². The van der Waals surface area contributed by atoms with E-state index in [0.717, 1.165) is 25.1 Å². The number of esters is 1. The van der Waals surface area contributed by atoms with Crippen LogP contribution in [-0.4, -0.2) is 26.2 Å². The lowest BCUT2D eigenvalue weighted by molar-refractivity contribution is 0.0500. The molecule has 2 rings (SSSR count). The average Bonchev–Trinajstić information content (AvgIpc) is 2.76. The van der Waals surface area contributed by atoms with Gasteiger partial charge in [0.15, 0.2) is 0 Å². The Labute approximate surface area is 174 Å². The fourth-order valence-corrected chi connectivity index (χ4v) is 2.85. The zero-order valence-electron chi connectivity index (χ0n) is 17.9. The first-order valence-corrected chi connectivity index (χ1v) is 10.6. The Kier molecular flexibility index (Phi) is 9.90. The van der Waals surface area contributed by atoms with Gasteiger partial charge >= 0.3 is 5.97 Å². The molecular weight excluding hydrogens is 362 g/mol. The second-order valence-corrected chi connectivity index (χ2v) is 7.23. The maximum Gasteiger partial charge on any atom is 0.338 e. The highest BCUT2D eigenvalue weighted by atomic mass is 16.5. The quantitative estimate of drug-likeness (QED) is 0.219. The maximum atomic E-state index is 11.9. The summed E-state index contributed by atoms with van der Waals surface area (Å²) < 4.78 is 5.21. The first kappa shape index (κ1) is 22.6. The summed E-state index contributed by atoms with van der Waals surface area (Å²) in [6, 6.07) is 15.1. The van der Waals surface area contributed by atoms with E-state index in [9.17, 15) is 4.79 Å².